The smallest absolute Gasteiger partial charge is 0.140 e. The van der Waals surface area contributed by atoms with Gasteiger partial charge in [-0.15, -0.1) is 11.3 Å². The Kier molecular flexibility index (Phi) is 2.16. The largest absolute Gasteiger partial charge is 0.384 e. The van der Waals surface area contributed by atoms with Crippen molar-refractivity contribution in [2.45, 2.75) is 0 Å². The maximum absolute atomic E-state index is 5.70. The Morgan fingerprint density at radius 2 is 2.23 bits per heavy atom. The van der Waals surface area contributed by atoms with Crippen molar-refractivity contribution in [3.63, 3.8) is 0 Å². The Hall–Kier alpha value is -1.13. The van der Waals surface area contributed by atoms with E-state index in [4.69, 9.17) is 17.3 Å². The third-order valence-corrected chi connectivity index (χ3v) is 2.72. The fraction of sp³-hybridized carbons (Fsp3) is 0. The highest BCUT2D eigenvalue weighted by Crippen LogP contribution is 2.25. The minimum atomic E-state index is 0.506. The molecule has 2 rings (SSSR count). The van der Waals surface area contributed by atoms with E-state index in [2.05, 4.69) is 9.97 Å². The summed E-state index contributed by atoms with van der Waals surface area (Å²) in [5.74, 6) is 0.506. The molecule has 0 aliphatic carbocycles. The molecule has 0 aromatic carbocycles. The minimum Gasteiger partial charge on any atom is -0.384 e. The highest BCUT2D eigenvalue weighted by molar-refractivity contribution is 7.13. The molecule has 0 bridgehead atoms. The van der Waals surface area contributed by atoms with Gasteiger partial charge in [0.1, 0.15) is 16.0 Å². The van der Waals surface area contributed by atoms with Crippen molar-refractivity contribution in [1.29, 1.82) is 0 Å². The third-order valence-electron chi connectivity index (χ3n) is 1.51. The predicted octanol–water partition coefficient (Wildman–Crippen LogP) is 2.44. The number of thiazole rings is 1. The third kappa shape index (κ3) is 1.79. The highest BCUT2D eigenvalue weighted by atomic mass is 35.5. The molecule has 0 saturated heterocycles. The molecule has 3 nitrogen and oxygen atoms in total. The molecule has 0 saturated carbocycles. The number of pyridine rings is 1. The lowest BCUT2D eigenvalue weighted by Gasteiger charge is -1.94. The molecule has 0 radical (unpaired) electrons. The van der Waals surface area contributed by atoms with Crippen molar-refractivity contribution in [1.82, 2.24) is 9.97 Å². The molecule has 0 atom stereocenters. The van der Waals surface area contributed by atoms with E-state index < -0.39 is 0 Å². The van der Waals surface area contributed by atoms with Gasteiger partial charge in [-0.05, 0) is 12.1 Å². The number of rotatable bonds is 1. The molecule has 66 valence electrons. The summed E-state index contributed by atoms with van der Waals surface area (Å²) in [7, 11) is 0. The van der Waals surface area contributed by atoms with Gasteiger partial charge in [-0.3, -0.25) is 0 Å². The van der Waals surface area contributed by atoms with Crippen molar-refractivity contribution >= 4 is 28.8 Å². The van der Waals surface area contributed by atoms with Crippen LogP contribution in [0.25, 0.3) is 10.6 Å². The normalized spacial score (nSPS) is 10.2. The summed E-state index contributed by atoms with van der Waals surface area (Å²) in [5.41, 5.74) is 6.39. The number of nitrogens with zero attached hydrogens (tertiary/aromatic N) is 2. The molecule has 0 aliphatic heterocycles. The maximum Gasteiger partial charge on any atom is 0.140 e. The standard InChI is InChI=1S/C8H6ClN3S/c9-6-4-13-8(12-6)5-1-2-7(10)11-3-5/h1-4H,(H2,10,11). The van der Waals surface area contributed by atoms with E-state index in [0.29, 0.717) is 11.0 Å². The summed E-state index contributed by atoms with van der Waals surface area (Å²) >= 11 is 7.18. The number of anilines is 1. The molecule has 0 fully saturated rings. The minimum absolute atomic E-state index is 0.506. The number of hydrogen-bond acceptors (Lipinski definition) is 4. The van der Waals surface area contributed by atoms with Gasteiger partial charge >= 0.3 is 0 Å². The molecule has 2 heterocycles. The van der Waals surface area contributed by atoms with E-state index in [1.54, 1.807) is 17.6 Å². The van der Waals surface area contributed by atoms with Crippen molar-refractivity contribution < 1.29 is 0 Å². The van der Waals surface area contributed by atoms with E-state index in [1.165, 1.54) is 11.3 Å². The summed E-state index contributed by atoms with van der Waals surface area (Å²) in [6.45, 7) is 0. The van der Waals surface area contributed by atoms with Crippen LogP contribution < -0.4 is 5.73 Å². The van der Waals surface area contributed by atoms with E-state index in [0.717, 1.165) is 10.6 Å². The highest BCUT2D eigenvalue weighted by Gasteiger charge is 2.02. The average Bonchev–Trinajstić information content (AvgIpc) is 2.53. The van der Waals surface area contributed by atoms with Gasteiger partial charge in [0.25, 0.3) is 0 Å². The van der Waals surface area contributed by atoms with Gasteiger partial charge in [0.15, 0.2) is 0 Å². The molecule has 0 aliphatic rings. The van der Waals surface area contributed by atoms with Crippen LogP contribution >= 0.6 is 22.9 Å². The first-order valence-corrected chi connectivity index (χ1v) is 4.84. The average molecular weight is 212 g/mol. The fourth-order valence-electron chi connectivity index (χ4n) is 0.919. The Morgan fingerprint density at radius 3 is 2.77 bits per heavy atom. The van der Waals surface area contributed by atoms with Gasteiger partial charge in [-0.2, -0.15) is 0 Å². The second-order valence-electron chi connectivity index (χ2n) is 2.45. The van der Waals surface area contributed by atoms with Crippen LogP contribution in [-0.4, -0.2) is 9.97 Å². The molecule has 0 spiro atoms. The first-order chi connectivity index (χ1) is 6.25. The second kappa shape index (κ2) is 3.32. The van der Waals surface area contributed by atoms with Crippen LogP contribution in [0.15, 0.2) is 23.7 Å². The monoisotopic (exact) mass is 211 g/mol. The summed E-state index contributed by atoms with van der Waals surface area (Å²) in [5, 5.41) is 3.15. The molecular formula is C8H6ClN3S. The number of halogens is 1. The first kappa shape index (κ1) is 8.47. The zero-order chi connectivity index (χ0) is 9.26. The predicted molar refractivity (Wildman–Crippen MR) is 54.8 cm³/mol. The van der Waals surface area contributed by atoms with Gasteiger partial charge in [0.2, 0.25) is 0 Å². The van der Waals surface area contributed by atoms with Crippen molar-refractivity contribution in [3.05, 3.63) is 28.9 Å². The number of hydrogen-bond donors (Lipinski definition) is 1. The van der Waals surface area contributed by atoms with Crippen molar-refractivity contribution in [2.75, 3.05) is 5.73 Å². The molecule has 0 amide bonds. The zero-order valence-corrected chi connectivity index (χ0v) is 8.14. The molecule has 2 N–H and O–H groups in total. The number of nitrogens with two attached hydrogens (primary N) is 1. The lowest BCUT2D eigenvalue weighted by atomic mass is 10.3. The lowest BCUT2D eigenvalue weighted by molar-refractivity contribution is 1.32. The zero-order valence-electron chi connectivity index (χ0n) is 6.57. The molecule has 0 unspecified atom stereocenters. The second-order valence-corrected chi connectivity index (χ2v) is 3.69. The molecule has 5 heteroatoms. The topological polar surface area (TPSA) is 51.8 Å². The van der Waals surface area contributed by atoms with Crippen LogP contribution in [0.1, 0.15) is 0 Å². The first-order valence-electron chi connectivity index (χ1n) is 3.58. The fourth-order valence-corrected chi connectivity index (χ4v) is 1.86. The summed E-state index contributed by atoms with van der Waals surface area (Å²) < 4.78 is 0. The van der Waals surface area contributed by atoms with E-state index in [-0.39, 0.29) is 0 Å². The molecule has 2 aromatic rings. The Morgan fingerprint density at radius 1 is 1.38 bits per heavy atom. The van der Waals surface area contributed by atoms with Crippen LogP contribution in [-0.2, 0) is 0 Å². The number of aromatic nitrogens is 2. The molecule has 13 heavy (non-hydrogen) atoms. The number of nitrogen functional groups attached to an aromatic ring is 1. The molecular weight excluding hydrogens is 206 g/mol. The van der Waals surface area contributed by atoms with Gasteiger partial charge in [-0.25, -0.2) is 9.97 Å². The summed E-state index contributed by atoms with van der Waals surface area (Å²) in [6, 6.07) is 3.61. The van der Waals surface area contributed by atoms with Gasteiger partial charge < -0.3 is 5.73 Å². The van der Waals surface area contributed by atoms with Crippen LogP contribution in [0.4, 0.5) is 5.82 Å². The van der Waals surface area contributed by atoms with Crippen molar-refractivity contribution in [3.8, 4) is 10.6 Å². The Bertz CT molecular complexity index is 410. The van der Waals surface area contributed by atoms with E-state index >= 15 is 0 Å². The summed E-state index contributed by atoms with van der Waals surface area (Å²) in [6.07, 6.45) is 1.69. The van der Waals surface area contributed by atoms with Crippen LogP contribution in [0.3, 0.4) is 0 Å². The summed E-state index contributed by atoms with van der Waals surface area (Å²) in [4.78, 5) is 8.08. The lowest BCUT2D eigenvalue weighted by Crippen LogP contribution is -1.88. The van der Waals surface area contributed by atoms with Gasteiger partial charge in [0, 0.05) is 17.1 Å². The van der Waals surface area contributed by atoms with Crippen molar-refractivity contribution in [2.24, 2.45) is 0 Å². The van der Waals surface area contributed by atoms with Crippen LogP contribution in [0.5, 0.6) is 0 Å². The van der Waals surface area contributed by atoms with Crippen LogP contribution in [0, 0.1) is 0 Å². The maximum atomic E-state index is 5.70. The van der Waals surface area contributed by atoms with Gasteiger partial charge in [0.05, 0.1) is 0 Å². The quantitative estimate of drug-likeness (QED) is 0.788. The van der Waals surface area contributed by atoms with E-state index in [1.807, 2.05) is 6.07 Å². The SMILES string of the molecule is Nc1ccc(-c2nc(Cl)cs2)cn1. The Labute approximate surface area is 84.2 Å². The molecule has 2 aromatic heterocycles. The Balaban J connectivity index is 2.41. The van der Waals surface area contributed by atoms with Crippen LogP contribution in [0.2, 0.25) is 5.15 Å². The van der Waals surface area contributed by atoms with Gasteiger partial charge in [-0.1, -0.05) is 11.6 Å². The van der Waals surface area contributed by atoms with E-state index in [9.17, 15) is 0 Å².